The van der Waals surface area contributed by atoms with Crippen LogP contribution in [0, 0.1) is 5.92 Å². The number of hydrogen-bond donors (Lipinski definition) is 3. The number of hydrogen-bond acceptors (Lipinski definition) is 8. The molecule has 4 rings (SSSR count). The summed E-state index contributed by atoms with van der Waals surface area (Å²) in [5.41, 5.74) is 3.34. The van der Waals surface area contributed by atoms with Crippen LogP contribution in [0.4, 0.5) is 11.6 Å². The first-order valence-corrected chi connectivity index (χ1v) is 13.9. The predicted molar refractivity (Wildman–Crippen MR) is 147 cm³/mol. The maximum absolute atomic E-state index is 6.63. The molecule has 6 nitrogen and oxygen atoms in total. The van der Waals surface area contributed by atoms with Crippen LogP contribution in [0.1, 0.15) is 51.3 Å². The van der Waals surface area contributed by atoms with Crippen molar-refractivity contribution >= 4 is 40.3 Å². The molecule has 3 heterocycles. The SMILES string of the molecule is C=C(C)S/C(=C(/Oc1ccc2c(c1)CCSN2)C(C)CC)c1ccnc(NC2CCCNC2)n1. The Morgan fingerprint density at radius 1 is 1.38 bits per heavy atom. The minimum absolute atomic E-state index is 0.223. The Hall–Kier alpha value is -2.16. The average Bonchev–Trinajstić information content (AvgIpc) is 2.86. The van der Waals surface area contributed by atoms with E-state index >= 15 is 0 Å². The number of benzene rings is 1. The number of nitrogens with one attached hydrogen (secondary N) is 3. The number of allylic oxidation sites excluding steroid dienone is 2. The lowest BCUT2D eigenvalue weighted by Crippen LogP contribution is -2.38. The monoisotopic (exact) mass is 497 g/mol. The van der Waals surface area contributed by atoms with E-state index < -0.39 is 0 Å². The van der Waals surface area contributed by atoms with Gasteiger partial charge in [0.15, 0.2) is 0 Å². The van der Waals surface area contributed by atoms with E-state index in [1.807, 2.05) is 25.3 Å². The highest BCUT2D eigenvalue weighted by atomic mass is 32.2. The molecule has 34 heavy (non-hydrogen) atoms. The molecule has 2 unspecified atom stereocenters. The fraction of sp³-hybridized carbons (Fsp3) is 0.462. The number of piperidine rings is 1. The maximum atomic E-state index is 6.63. The molecule has 2 aromatic rings. The van der Waals surface area contributed by atoms with Crippen molar-refractivity contribution in [2.75, 3.05) is 28.9 Å². The molecule has 0 amide bonds. The van der Waals surface area contributed by atoms with Gasteiger partial charge < -0.3 is 20.1 Å². The third-order valence-electron chi connectivity index (χ3n) is 6.04. The summed E-state index contributed by atoms with van der Waals surface area (Å²) in [6.45, 7) is 12.6. The molecule has 1 saturated heterocycles. The maximum Gasteiger partial charge on any atom is 0.223 e. The minimum Gasteiger partial charge on any atom is -0.460 e. The van der Waals surface area contributed by atoms with Gasteiger partial charge in [-0.25, -0.2) is 9.97 Å². The zero-order chi connectivity index (χ0) is 23.9. The van der Waals surface area contributed by atoms with Crippen LogP contribution in [0.25, 0.3) is 4.91 Å². The van der Waals surface area contributed by atoms with E-state index in [0.717, 1.165) is 71.5 Å². The van der Waals surface area contributed by atoms with Crippen LogP contribution in [0.2, 0.25) is 0 Å². The van der Waals surface area contributed by atoms with Crippen molar-refractivity contribution in [1.29, 1.82) is 0 Å². The lowest BCUT2D eigenvalue weighted by atomic mass is 10.1. The summed E-state index contributed by atoms with van der Waals surface area (Å²) in [4.78, 5) is 11.4. The molecule has 3 N–H and O–H groups in total. The van der Waals surface area contributed by atoms with Crippen molar-refractivity contribution < 1.29 is 4.74 Å². The minimum atomic E-state index is 0.223. The van der Waals surface area contributed by atoms with Crippen molar-refractivity contribution in [3.63, 3.8) is 0 Å². The number of fused-ring (bicyclic) bond motifs is 1. The smallest absolute Gasteiger partial charge is 0.223 e. The van der Waals surface area contributed by atoms with Crippen molar-refractivity contribution in [2.24, 2.45) is 5.92 Å². The first-order valence-electron chi connectivity index (χ1n) is 12.1. The largest absolute Gasteiger partial charge is 0.460 e. The molecule has 2 aliphatic rings. The van der Waals surface area contributed by atoms with Crippen molar-refractivity contribution in [2.45, 2.75) is 52.5 Å². The number of ether oxygens (including phenoxy) is 1. The van der Waals surface area contributed by atoms with Gasteiger partial charge in [0.2, 0.25) is 5.95 Å². The Morgan fingerprint density at radius 3 is 3.03 bits per heavy atom. The average molecular weight is 498 g/mol. The van der Waals surface area contributed by atoms with Crippen molar-refractivity contribution in [1.82, 2.24) is 15.3 Å². The van der Waals surface area contributed by atoms with Gasteiger partial charge in [0, 0.05) is 36.1 Å². The molecule has 1 aromatic heterocycles. The lowest BCUT2D eigenvalue weighted by molar-refractivity contribution is 0.357. The van der Waals surface area contributed by atoms with Crippen LogP contribution in [0.15, 0.2) is 47.7 Å². The number of aryl methyl sites for hydroxylation is 1. The summed E-state index contributed by atoms with van der Waals surface area (Å²) in [7, 11) is 0. The zero-order valence-electron chi connectivity index (χ0n) is 20.3. The van der Waals surface area contributed by atoms with Gasteiger partial charge in [-0.2, -0.15) is 0 Å². The van der Waals surface area contributed by atoms with Crippen LogP contribution >= 0.6 is 23.7 Å². The molecule has 0 spiro atoms. The number of aromatic nitrogens is 2. The zero-order valence-corrected chi connectivity index (χ0v) is 22.0. The number of rotatable bonds is 9. The Balaban J connectivity index is 1.68. The fourth-order valence-corrected chi connectivity index (χ4v) is 5.72. The third kappa shape index (κ3) is 6.49. The van der Waals surface area contributed by atoms with Gasteiger partial charge in [-0.05, 0) is 73.9 Å². The van der Waals surface area contributed by atoms with Crippen LogP contribution < -0.4 is 20.1 Å². The number of nitrogens with zero attached hydrogens (tertiary/aromatic N) is 2. The molecular weight excluding hydrogens is 462 g/mol. The Labute approximate surface area is 212 Å². The quantitative estimate of drug-likeness (QED) is 0.275. The van der Waals surface area contributed by atoms with E-state index in [9.17, 15) is 0 Å². The molecule has 0 aliphatic carbocycles. The van der Waals surface area contributed by atoms with E-state index in [-0.39, 0.29) is 5.92 Å². The Morgan fingerprint density at radius 2 is 2.26 bits per heavy atom. The summed E-state index contributed by atoms with van der Waals surface area (Å²) in [6.07, 6.45) is 6.11. The standard InChI is InChI=1S/C26H35N5OS2/c1-5-18(4)24(32-21-8-9-22-19(15-21)11-14-33-31-22)25(34-17(2)3)23-10-13-28-26(30-23)29-20-7-6-12-27-16-20/h8-10,13,15,18,20,27,31H,2,5-7,11-12,14,16H2,1,3-4H3,(H,28,29,30)/b25-24+. The molecule has 0 bridgehead atoms. The van der Waals surface area contributed by atoms with Crippen LogP contribution in [-0.2, 0) is 6.42 Å². The summed E-state index contributed by atoms with van der Waals surface area (Å²) >= 11 is 3.37. The van der Waals surface area contributed by atoms with Gasteiger partial charge in [0.05, 0.1) is 10.6 Å². The second kappa shape index (κ2) is 12.0. The molecule has 0 radical (unpaired) electrons. The number of anilines is 2. The van der Waals surface area contributed by atoms with E-state index in [1.165, 1.54) is 11.3 Å². The second-order valence-corrected chi connectivity index (χ2v) is 11.1. The summed E-state index contributed by atoms with van der Waals surface area (Å²) in [6, 6.07) is 8.64. The number of thioether (sulfide) groups is 1. The molecule has 1 aromatic carbocycles. The lowest BCUT2D eigenvalue weighted by Gasteiger charge is -2.24. The van der Waals surface area contributed by atoms with Crippen LogP contribution in [-0.4, -0.2) is 34.9 Å². The molecule has 2 aliphatic heterocycles. The second-order valence-electron chi connectivity index (χ2n) is 8.88. The van der Waals surface area contributed by atoms with Gasteiger partial charge >= 0.3 is 0 Å². The predicted octanol–water partition coefficient (Wildman–Crippen LogP) is 6.32. The van der Waals surface area contributed by atoms with E-state index in [1.54, 1.807) is 23.7 Å². The van der Waals surface area contributed by atoms with E-state index in [2.05, 4.69) is 52.9 Å². The van der Waals surface area contributed by atoms with Gasteiger partial charge in [0.1, 0.15) is 11.5 Å². The molecule has 182 valence electrons. The normalized spacial score (nSPS) is 19.3. The summed E-state index contributed by atoms with van der Waals surface area (Å²) in [5, 5.41) is 6.95. The highest BCUT2D eigenvalue weighted by molar-refractivity contribution is 8.11. The fourth-order valence-electron chi connectivity index (χ4n) is 4.03. The van der Waals surface area contributed by atoms with Gasteiger partial charge in [-0.15, -0.1) is 0 Å². The molecule has 0 saturated carbocycles. The Bertz CT molecular complexity index is 1040. The highest BCUT2D eigenvalue weighted by Gasteiger charge is 2.22. The topological polar surface area (TPSA) is 71.1 Å². The van der Waals surface area contributed by atoms with Crippen molar-refractivity contribution in [3.8, 4) is 5.75 Å². The van der Waals surface area contributed by atoms with Crippen LogP contribution in [0.3, 0.4) is 0 Å². The van der Waals surface area contributed by atoms with Gasteiger partial charge in [-0.3, -0.25) is 0 Å². The summed E-state index contributed by atoms with van der Waals surface area (Å²) in [5.74, 6) is 3.74. The molecule has 1 fully saturated rings. The first-order chi connectivity index (χ1) is 16.5. The first kappa shape index (κ1) is 24.9. The highest BCUT2D eigenvalue weighted by Crippen LogP contribution is 2.39. The molecular formula is C26H35N5OS2. The van der Waals surface area contributed by atoms with E-state index in [0.29, 0.717) is 12.0 Å². The van der Waals surface area contributed by atoms with E-state index in [4.69, 9.17) is 9.72 Å². The molecule has 8 heteroatoms. The summed E-state index contributed by atoms with van der Waals surface area (Å²) < 4.78 is 10.0. The Kier molecular flexibility index (Phi) is 8.80. The van der Waals surface area contributed by atoms with Gasteiger partial charge in [0.25, 0.3) is 0 Å². The third-order valence-corrected chi connectivity index (χ3v) is 7.77. The molecule has 2 atom stereocenters. The van der Waals surface area contributed by atoms with Crippen molar-refractivity contribution in [3.05, 3.63) is 59.0 Å². The van der Waals surface area contributed by atoms with Crippen LogP contribution in [0.5, 0.6) is 5.75 Å². The van der Waals surface area contributed by atoms with Gasteiger partial charge in [-0.1, -0.05) is 44.1 Å².